The van der Waals surface area contributed by atoms with Crippen LogP contribution in [0.3, 0.4) is 0 Å². The summed E-state index contributed by atoms with van der Waals surface area (Å²) in [5.74, 6) is -0.879. The zero-order valence-electron chi connectivity index (χ0n) is 11.6. The van der Waals surface area contributed by atoms with Gasteiger partial charge in [0.05, 0.1) is 12.5 Å². The summed E-state index contributed by atoms with van der Waals surface area (Å²) in [6.07, 6.45) is 1.01. The SMILES string of the molecule is CCOC(=O)C(CC)C(O)(CC)c1ccc(Br)cc1. The molecule has 2 unspecified atom stereocenters. The normalized spacial score (nSPS) is 15.6. The predicted molar refractivity (Wildman–Crippen MR) is 78.7 cm³/mol. The third-order valence-electron chi connectivity index (χ3n) is 3.44. The van der Waals surface area contributed by atoms with E-state index in [0.29, 0.717) is 19.4 Å². The van der Waals surface area contributed by atoms with Crippen LogP contribution in [-0.2, 0) is 15.1 Å². The number of aliphatic hydroxyl groups is 1. The van der Waals surface area contributed by atoms with E-state index in [1.807, 2.05) is 38.1 Å². The Morgan fingerprint density at radius 3 is 2.32 bits per heavy atom. The Bertz CT molecular complexity index is 416. The minimum Gasteiger partial charge on any atom is -0.466 e. The van der Waals surface area contributed by atoms with Gasteiger partial charge < -0.3 is 9.84 Å². The lowest BCUT2D eigenvalue weighted by atomic mass is 9.78. The Hall–Kier alpha value is -0.870. The van der Waals surface area contributed by atoms with Crippen LogP contribution < -0.4 is 0 Å². The van der Waals surface area contributed by atoms with E-state index in [2.05, 4.69) is 15.9 Å². The lowest BCUT2D eigenvalue weighted by molar-refractivity contribution is -0.160. The molecule has 0 bridgehead atoms. The number of benzene rings is 1. The summed E-state index contributed by atoms with van der Waals surface area (Å²) in [5.41, 5.74) is -0.431. The predicted octanol–water partition coefficient (Wildman–Crippen LogP) is 3.64. The van der Waals surface area contributed by atoms with E-state index in [0.717, 1.165) is 10.0 Å². The van der Waals surface area contributed by atoms with Crippen LogP contribution in [0.5, 0.6) is 0 Å². The average molecular weight is 329 g/mol. The van der Waals surface area contributed by atoms with Crippen LogP contribution in [0, 0.1) is 5.92 Å². The number of esters is 1. The maximum absolute atomic E-state index is 12.0. The highest BCUT2D eigenvalue weighted by Gasteiger charge is 2.41. The van der Waals surface area contributed by atoms with Gasteiger partial charge in [0.1, 0.15) is 5.60 Å². The summed E-state index contributed by atoms with van der Waals surface area (Å²) in [6.45, 7) is 5.87. The third-order valence-corrected chi connectivity index (χ3v) is 3.97. The second kappa shape index (κ2) is 7.06. The molecule has 0 aliphatic heterocycles. The minimum atomic E-state index is -1.18. The first-order valence-electron chi connectivity index (χ1n) is 6.64. The molecule has 0 aromatic heterocycles. The summed E-state index contributed by atoms with van der Waals surface area (Å²) in [4.78, 5) is 12.0. The molecule has 4 heteroatoms. The number of halogens is 1. The summed E-state index contributed by atoms with van der Waals surface area (Å²) in [6, 6.07) is 7.42. The topological polar surface area (TPSA) is 46.5 Å². The van der Waals surface area contributed by atoms with Crippen molar-refractivity contribution < 1.29 is 14.6 Å². The molecule has 0 spiro atoms. The molecule has 0 aliphatic rings. The van der Waals surface area contributed by atoms with Crippen LogP contribution in [0.4, 0.5) is 0 Å². The highest BCUT2D eigenvalue weighted by atomic mass is 79.9. The first kappa shape index (κ1) is 16.2. The summed E-state index contributed by atoms with van der Waals surface area (Å²) >= 11 is 3.37. The van der Waals surface area contributed by atoms with Crippen molar-refractivity contribution in [3.05, 3.63) is 34.3 Å². The number of rotatable bonds is 6. The maximum atomic E-state index is 12.0. The summed E-state index contributed by atoms with van der Waals surface area (Å²) < 4.78 is 6.02. The van der Waals surface area contributed by atoms with E-state index >= 15 is 0 Å². The van der Waals surface area contributed by atoms with E-state index in [9.17, 15) is 9.90 Å². The summed E-state index contributed by atoms with van der Waals surface area (Å²) in [5, 5.41) is 10.9. The number of ether oxygens (including phenoxy) is 1. The van der Waals surface area contributed by atoms with Crippen LogP contribution in [0.2, 0.25) is 0 Å². The standard InChI is InChI=1S/C15H21BrO3/c1-4-13(14(17)19-6-3)15(18,5-2)11-7-9-12(16)10-8-11/h7-10,13,18H,4-6H2,1-3H3. The lowest BCUT2D eigenvalue weighted by Gasteiger charge is -2.34. The Morgan fingerprint density at radius 1 is 1.32 bits per heavy atom. The highest BCUT2D eigenvalue weighted by molar-refractivity contribution is 9.10. The van der Waals surface area contributed by atoms with Gasteiger partial charge in [0.2, 0.25) is 0 Å². The molecule has 0 fully saturated rings. The Morgan fingerprint density at radius 2 is 1.89 bits per heavy atom. The molecule has 19 heavy (non-hydrogen) atoms. The largest absolute Gasteiger partial charge is 0.466 e. The molecule has 106 valence electrons. The van der Waals surface area contributed by atoms with E-state index in [4.69, 9.17) is 4.74 Å². The van der Waals surface area contributed by atoms with Gasteiger partial charge in [0, 0.05) is 4.47 Å². The number of hydrogen-bond acceptors (Lipinski definition) is 3. The van der Waals surface area contributed by atoms with Crippen molar-refractivity contribution in [1.29, 1.82) is 0 Å². The van der Waals surface area contributed by atoms with Crippen molar-refractivity contribution in [2.24, 2.45) is 5.92 Å². The first-order valence-corrected chi connectivity index (χ1v) is 7.43. The van der Waals surface area contributed by atoms with Crippen molar-refractivity contribution >= 4 is 21.9 Å². The molecule has 0 aliphatic carbocycles. The summed E-state index contributed by atoms with van der Waals surface area (Å²) in [7, 11) is 0. The Balaban J connectivity index is 3.12. The van der Waals surface area contributed by atoms with Crippen LogP contribution >= 0.6 is 15.9 Å². The zero-order valence-corrected chi connectivity index (χ0v) is 13.2. The molecule has 0 saturated heterocycles. The molecule has 1 rings (SSSR count). The third kappa shape index (κ3) is 3.57. The van der Waals surface area contributed by atoms with E-state index < -0.39 is 11.5 Å². The van der Waals surface area contributed by atoms with Gasteiger partial charge in [0.15, 0.2) is 0 Å². The average Bonchev–Trinajstić information content (AvgIpc) is 2.40. The molecular weight excluding hydrogens is 308 g/mol. The second-order valence-electron chi connectivity index (χ2n) is 4.50. The van der Waals surface area contributed by atoms with Gasteiger partial charge in [-0.05, 0) is 37.5 Å². The van der Waals surface area contributed by atoms with Gasteiger partial charge in [-0.3, -0.25) is 4.79 Å². The second-order valence-corrected chi connectivity index (χ2v) is 5.41. The zero-order chi connectivity index (χ0) is 14.5. The Kier molecular flexibility index (Phi) is 6.01. The maximum Gasteiger partial charge on any atom is 0.312 e. The molecular formula is C15H21BrO3. The molecule has 1 aromatic carbocycles. The van der Waals surface area contributed by atoms with Crippen molar-refractivity contribution in [3.8, 4) is 0 Å². The van der Waals surface area contributed by atoms with Crippen LogP contribution in [0.25, 0.3) is 0 Å². The molecule has 0 amide bonds. The van der Waals surface area contributed by atoms with Gasteiger partial charge in [-0.25, -0.2) is 0 Å². The first-order chi connectivity index (χ1) is 8.99. The monoisotopic (exact) mass is 328 g/mol. The number of carbonyl (C=O) groups is 1. The number of hydrogen-bond donors (Lipinski definition) is 1. The van der Waals surface area contributed by atoms with Crippen molar-refractivity contribution in [1.82, 2.24) is 0 Å². The van der Waals surface area contributed by atoms with E-state index in [1.54, 1.807) is 6.92 Å². The molecule has 0 saturated carbocycles. The fraction of sp³-hybridized carbons (Fsp3) is 0.533. The molecule has 1 aromatic rings. The molecule has 1 N–H and O–H groups in total. The highest BCUT2D eigenvalue weighted by Crippen LogP contribution is 2.36. The molecule has 3 nitrogen and oxygen atoms in total. The smallest absolute Gasteiger partial charge is 0.312 e. The van der Waals surface area contributed by atoms with Gasteiger partial charge in [0.25, 0.3) is 0 Å². The van der Waals surface area contributed by atoms with Crippen LogP contribution in [0.15, 0.2) is 28.7 Å². The van der Waals surface area contributed by atoms with Crippen LogP contribution in [-0.4, -0.2) is 17.7 Å². The van der Waals surface area contributed by atoms with Gasteiger partial charge in [-0.15, -0.1) is 0 Å². The number of carbonyl (C=O) groups excluding carboxylic acids is 1. The van der Waals surface area contributed by atoms with Crippen LogP contribution in [0.1, 0.15) is 39.2 Å². The molecule has 0 radical (unpaired) electrons. The van der Waals surface area contributed by atoms with Crippen molar-refractivity contribution in [2.75, 3.05) is 6.61 Å². The van der Waals surface area contributed by atoms with Gasteiger partial charge in [-0.2, -0.15) is 0 Å². The fourth-order valence-electron chi connectivity index (χ4n) is 2.33. The van der Waals surface area contributed by atoms with Crippen molar-refractivity contribution in [2.45, 2.75) is 39.2 Å². The quantitative estimate of drug-likeness (QED) is 0.811. The van der Waals surface area contributed by atoms with Gasteiger partial charge in [-0.1, -0.05) is 41.9 Å². The van der Waals surface area contributed by atoms with E-state index in [-0.39, 0.29) is 5.97 Å². The van der Waals surface area contributed by atoms with Gasteiger partial charge >= 0.3 is 5.97 Å². The lowest BCUT2D eigenvalue weighted by Crippen LogP contribution is -2.40. The minimum absolute atomic E-state index is 0.329. The molecule has 0 heterocycles. The molecule has 2 atom stereocenters. The van der Waals surface area contributed by atoms with E-state index in [1.165, 1.54) is 0 Å². The van der Waals surface area contributed by atoms with Crippen molar-refractivity contribution in [3.63, 3.8) is 0 Å². The fourth-order valence-corrected chi connectivity index (χ4v) is 2.60. The Labute approximate surface area is 123 Å².